The summed E-state index contributed by atoms with van der Waals surface area (Å²) in [5, 5.41) is 8.25. The summed E-state index contributed by atoms with van der Waals surface area (Å²) in [6.07, 6.45) is 5.33. The second-order valence-corrected chi connectivity index (χ2v) is 8.59. The minimum Gasteiger partial charge on any atom is -0.497 e. The van der Waals surface area contributed by atoms with E-state index in [1.807, 2.05) is 84.9 Å². The Balaban J connectivity index is 1.56. The van der Waals surface area contributed by atoms with Gasteiger partial charge in [-0.3, -0.25) is 9.78 Å². The van der Waals surface area contributed by atoms with Crippen molar-refractivity contribution in [2.45, 2.75) is 6.42 Å². The summed E-state index contributed by atoms with van der Waals surface area (Å²) >= 11 is 0. The molecule has 1 N–H and O–H groups in total. The summed E-state index contributed by atoms with van der Waals surface area (Å²) in [4.78, 5) is 22.7. The van der Waals surface area contributed by atoms with E-state index in [1.165, 1.54) is 0 Å². The monoisotopic (exact) mass is 485 g/mol. The van der Waals surface area contributed by atoms with Crippen molar-refractivity contribution < 1.29 is 9.53 Å². The van der Waals surface area contributed by atoms with Crippen molar-refractivity contribution in [2.24, 2.45) is 0 Å². The summed E-state index contributed by atoms with van der Waals surface area (Å²) in [5.74, 6) is 1.07. The van der Waals surface area contributed by atoms with Gasteiger partial charge in [-0.1, -0.05) is 72.8 Å². The Bertz CT molecular complexity index is 1590. The average Bonchev–Trinajstić information content (AvgIpc) is 3.35. The number of hydrogen-bond donors (Lipinski definition) is 1. The molecule has 5 aromatic rings. The van der Waals surface area contributed by atoms with Gasteiger partial charge in [0.15, 0.2) is 0 Å². The average molecular weight is 486 g/mol. The molecule has 0 amide bonds. The molecule has 37 heavy (non-hydrogen) atoms. The fourth-order valence-electron chi connectivity index (χ4n) is 4.66. The van der Waals surface area contributed by atoms with Crippen LogP contribution in [0.3, 0.4) is 0 Å². The van der Waals surface area contributed by atoms with Gasteiger partial charge in [-0.05, 0) is 23.3 Å². The van der Waals surface area contributed by atoms with Gasteiger partial charge in [-0.15, -0.1) is 0 Å². The normalized spacial score (nSPS) is 12.8. The fourth-order valence-corrected chi connectivity index (χ4v) is 4.66. The molecule has 0 saturated heterocycles. The number of aromatic nitrogens is 4. The lowest BCUT2D eigenvalue weighted by Gasteiger charge is -2.23. The van der Waals surface area contributed by atoms with E-state index in [0.29, 0.717) is 23.6 Å². The third kappa shape index (κ3) is 4.16. The zero-order chi connectivity index (χ0) is 25.2. The molecule has 0 fully saturated rings. The van der Waals surface area contributed by atoms with Gasteiger partial charge < -0.3 is 10.1 Å². The molecule has 0 bridgehead atoms. The molecule has 3 heterocycles. The second-order valence-electron chi connectivity index (χ2n) is 8.59. The molecule has 0 spiro atoms. The molecule has 1 aliphatic rings. The number of carbonyl (C=O) groups is 1. The Morgan fingerprint density at radius 3 is 2.19 bits per heavy atom. The molecule has 6 rings (SSSR count). The second kappa shape index (κ2) is 9.54. The van der Waals surface area contributed by atoms with Crippen molar-refractivity contribution in [1.82, 2.24) is 19.7 Å². The number of carbonyl (C=O) groups excluding carboxylic acids is 1. The number of nitrogens with zero attached hydrogens (tertiary/aromatic N) is 4. The van der Waals surface area contributed by atoms with Crippen molar-refractivity contribution in [3.8, 4) is 28.1 Å². The number of benzene rings is 3. The highest BCUT2D eigenvalue weighted by Gasteiger charge is 2.33. The fraction of sp³-hybridized carbons (Fsp3) is 0.0667. The predicted octanol–water partition coefficient (Wildman–Crippen LogP) is 5.74. The summed E-state index contributed by atoms with van der Waals surface area (Å²) < 4.78 is 6.87. The molecule has 0 unspecified atom stereocenters. The first kappa shape index (κ1) is 22.4. The van der Waals surface area contributed by atoms with Crippen LogP contribution in [0.4, 0.5) is 5.82 Å². The first-order chi connectivity index (χ1) is 18.2. The van der Waals surface area contributed by atoms with Gasteiger partial charge in [0.2, 0.25) is 0 Å². The lowest BCUT2D eigenvalue weighted by molar-refractivity contribution is 0.0958. The van der Waals surface area contributed by atoms with E-state index in [2.05, 4.69) is 15.3 Å². The van der Waals surface area contributed by atoms with Crippen LogP contribution >= 0.6 is 0 Å². The quantitative estimate of drug-likeness (QED) is 0.331. The summed E-state index contributed by atoms with van der Waals surface area (Å²) in [6.45, 7) is 0. The lowest BCUT2D eigenvalue weighted by Crippen LogP contribution is -2.26. The van der Waals surface area contributed by atoms with Crippen LogP contribution in [0.1, 0.15) is 16.1 Å². The summed E-state index contributed by atoms with van der Waals surface area (Å²) in [5.41, 5.74) is 6.51. The standard InChI is InChI=1S/C30H23N5O2/c1-37-23-14-12-21(13-15-23)27-24(33-26-19-31-16-17-32-26)18-25-28(20-8-4-2-5-9-20)29(34-35(25)30(27)36)22-10-6-3-7-11-22/h2-17,19H,18H2,1H3,(H,32,33). The zero-order valence-electron chi connectivity index (χ0n) is 20.1. The maximum absolute atomic E-state index is 14.1. The molecule has 2 aromatic heterocycles. The van der Waals surface area contributed by atoms with Crippen LogP contribution in [0, 0.1) is 0 Å². The Morgan fingerprint density at radius 1 is 0.838 bits per heavy atom. The third-order valence-electron chi connectivity index (χ3n) is 6.36. The zero-order valence-corrected chi connectivity index (χ0v) is 20.1. The molecule has 0 radical (unpaired) electrons. The van der Waals surface area contributed by atoms with Gasteiger partial charge in [0.25, 0.3) is 5.91 Å². The number of hydrogen-bond acceptors (Lipinski definition) is 6. The highest BCUT2D eigenvalue weighted by molar-refractivity contribution is 6.23. The number of ether oxygens (including phenoxy) is 1. The van der Waals surface area contributed by atoms with E-state index in [4.69, 9.17) is 9.84 Å². The van der Waals surface area contributed by atoms with Crippen LogP contribution in [-0.4, -0.2) is 32.8 Å². The first-order valence-corrected chi connectivity index (χ1v) is 11.9. The van der Waals surface area contributed by atoms with Crippen molar-refractivity contribution in [2.75, 3.05) is 12.4 Å². The number of allylic oxidation sites excluding steroid dienone is 2. The Kier molecular flexibility index (Phi) is 5.78. The molecule has 7 heteroatoms. The van der Waals surface area contributed by atoms with Crippen LogP contribution in [-0.2, 0) is 6.42 Å². The molecule has 0 saturated carbocycles. The first-order valence-electron chi connectivity index (χ1n) is 11.9. The number of rotatable bonds is 6. The van der Waals surface area contributed by atoms with E-state index >= 15 is 0 Å². The van der Waals surface area contributed by atoms with Gasteiger partial charge >= 0.3 is 0 Å². The van der Waals surface area contributed by atoms with Crippen LogP contribution in [0.5, 0.6) is 5.75 Å². The van der Waals surface area contributed by atoms with E-state index in [-0.39, 0.29) is 5.91 Å². The molecule has 0 aliphatic carbocycles. The van der Waals surface area contributed by atoms with Crippen molar-refractivity contribution in [1.29, 1.82) is 0 Å². The van der Waals surface area contributed by atoms with E-state index in [0.717, 1.165) is 39.3 Å². The molecular weight excluding hydrogens is 462 g/mol. The molecule has 1 aliphatic heterocycles. The van der Waals surface area contributed by atoms with E-state index in [1.54, 1.807) is 30.4 Å². The molecular formula is C30H23N5O2. The summed E-state index contributed by atoms with van der Waals surface area (Å²) in [7, 11) is 1.62. The molecule has 0 atom stereocenters. The maximum Gasteiger partial charge on any atom is 0.280 e. The van der Waals surface area contributed by atoms with Gasteiger partial charge in [-0.25, -0.2) is 4.98 Å². The van der Waals surface area contributed by atoms with Crippen LogP contribution < -0.4 is 10.1 Å². The lowest BCUT2D eigenvalue weighted by atomic mass is 9.92. The molecule has 3 aromatic carbocycles. The number of fused-ring (bicyclic) bond motifs is 1. The largest absolute Gasteiger partial charge is 0.497 e. The van der Waals surface area contributed by atoms with Gasteiger partial charge in [0, 0.05) is 35.6 Å². The number of methoxy groups -OCH3 is 1. The highest BCUT2D eigenvalue weighted by Crippen LogP contribution is 2.40. The van der Waals surface area contributed by atoms with Gasteiger partial charge in [0.1, 0.15) is 17.3 Å². The van der Waals surface area contributed by atoms with Gasteiger partial charge in [0.05, 0.1) is 24.6 Å². The Labute approximate surface area is 214 Å². The number of anilines is 1. The third-order valence-corrected chi connectivity index (χ3v) is 6.36. The highest BCUT2D eigenvalue weighted by atomic mass is 16.5. The molecule has 7 nitrogen and oxygen atoms in total. The Hall–Kier alpha value is -5.04. The minimum absolute atomic E-state index is 0.211. The Morgan fingerprint density at radius 2 is 1.54 bits per heavy atom. The van der Waals surface area contributed by atoms with Gasteiger partial charge in [-0.2, -0.15) is 9.78 Å². The number of nitrogens with one attached hydrogen (secondary N) is 1. The van der Waals surface area contributed by atoms with Crippen LogP contribution in [0.2, 0.25) is 0 Å². The smallest absolute Gasteiger partial charge is 0.280 e. The molecule has 180 valence electrons. The van der Waals surface area contributed by atoms with Crippen LogP contribution in [0.15, 0.2) is 109 Å². The maximum atomic E-state index is 14.1. The van der Waals surface area contributed by atoms with Crippen molar-refractivity contribution in [3.63, 3.8) is 0 Å². The SMILES string of the molecule is COc1ccc(C2=C(Nc3cnccn3)Cc3c(-c4ccccc4)c(-c4ccccc4)nn3C2=O)cc1. The van der Waals surface area contributed by atoms with Crippen molar-refractivity contribution in [3.05, 3.63) is 120 Å². The van der Waals surface area contributed by atoms with E-state index in [9.17, 15) is 4.79 Å². The summed E-state index contributed by atoms with van der Waals surface area (Å²) in [6, 6.07) is 27.5. The van der Waals surface area contributed by atoms with Crippen LogP contribution in [0.25, 0.3) is 28.0 Å². The van der Waals surface area contributed by atoms with E-state index < -0.39 is 0 Å². The topological polar surface area (TPSA) is 81.9 Å². The van der Waals surface area contributed by atoms with Crippen molar-refractivity contribution >= 4 is 17.3 Å². The minimum atomic E-state index is -0.211. The predicted molar refractivity (Wildman–Crippen MR) is 143 cm³/mol.